The number of pyridine rings is 1. The molecule has 1 aromatic carbocycles. The van der Waals surface area contributed by atoms with Gasteiger partial charge >= 0.3 is 0 Å². The highest BCUT2D eigenvalue weighted by atomic mass is 16.2. The number of carbonyl (C=O) groups excluding carboxylic acids is 2. The predicted molar refractivity (Wildman–Crippen MR) is 127 cm³/mol. The maximum absolute atomic E-state index is 11.9. The van der Waals surface area contributed by atoms with Crippen molar-refractivity contribution in [2.24, 2.45) is 11.5 Å². The first kappa shape index (κ1) is 23.5. The molecule has 7 N–H and O–H groups in total. The van der Waals surface area contributed by atoms with E-state index in [0.717, 1.165) is 66.4 Å². The van der Waals surface area contributed by atoms with Gasteiger partial charge in [-0.25, -0.2) is 9.97 Å². The summed E-state index contributed by atoms with van der Waals surface area (Å²) < 4.78 is 2.26. The van der Waals surface area contributed by atoms with Crippen molar-refractivity contribution >= 4 is 39.6 Å². The molecule has 0 aliphatic carbocycles. The van der Waals surface area contributed by atoms with Crippen LogP contribution in [0.15, 0.2) is 24.3 Å². The van der Waals surface area contributed by atoms with Crippen LogP contribution in [0.5, 0.6) is 0 Å². The number of rotatable bonds is 12. The third-order valence-electron chi connectivity index (χ3n) is 5.62. The van der Waals surface area contributed by atoms with Gasteiger partial charge in [0.05, 0.1) is 17.1 Å². The van der Waals surface area contributed by atoms with E-state index in [9.17, 15) is 9.59 Å². The number of carbonyl (C=O) groups is 2. The summed E-state index contributed by atoms with van der Waals surface area (Å²) in [5, 5.41) is 3.93. The van der Waals surface area contributed by atoms with Crippen LogP contribution >= 0.6 is 0 Å². The molecule has 0 fully saturated rings. The number of fused-ring (bicyclic) bond motifs is 3. The maximum atomic E-state index is 11.9. The lowest BCUT2D eigenvalue weighted by Crippen LogP contribution is -2.37. The lowest BCUT2D eigenvalue weighted by atomic mass is 10.1. The monoisotopic (exact) mass is 439 g/mol. The Kier molecular flexibility index (Phi) is 7.99. The normalized spacial score (nSPS) is 12.3. The van der Waals surface area contributed by atoms with Gasteiger partial charge in [-0.3, -0.25) is 9.59 Å². The first-order valence-electron chi connectivity index (χ1n) is 11.3. The fourth-order valence-electron chi connectivity index (χ4n) is 3.81. The summed E-state index contributed by atoms with van der Waals surface area (Å²) in [4.78, 5) is 32.3. The number of para-hydroxylation sites is 1. The van der Waals surface area contributed by atoms with Crippen molar-refractivity contribution in [2.45, 2.75) is 64.5 Å². The largest absolute Gasteiger partial charge is 0.382 e. The summed E-state index contributed by atoms with van der Waals surface area (Å²) in [6, 6.07) is 7.20. The lowest BCUT2D eigenvalue weighted by molar-refractivity contribution is -0.122. The molecule has 0 aliphatic heterocycles. The van der Waals surface area contributed by atoms with Crippen LogP contribution in [0, 0.1) is 0 Å². The summed E-state index contributed by atoms with van der Waals surface area (Å²) in [7, 11) is 0. The Balaban J connectivity index is 1.67. The molecule has 1 atom stereocenters. The van der Waals surface area contributed by atoms with E-state index in [1.807, 2.05) is 18.2 Å². The Bertz CT molecular complexity index is 1090. The van der Waals surface area contributed by atoms with Crippen LogP contribution in [0.4, 0.5) is 5.82 Å². The van der Waals surface area contributed by atoms with E-state index in [1.165, 1.54) is 0 Å². The van der Waals surface area contributed by atoms with E-state index in [1.54, 1.807) is 0 Å². The molecule has 0 aliphatic rings. The average Bonchev–Trinajstić information content (AvgIpc) is 3.15. The molecular weight excluding hydrogens is 406 g/mol. The zero-order valence-electron chi connectivity index (χ0n) is 18.6. The van der Waals surface area contributed by atoms with Gasteiger partial charge in [0.15, 0.2) is 5.82 Å². The van der Waals surface area contributed by atoms with Crippen molar-refractivity contribution < 1.29 is 9.59 Å². The number of anilines is 1. The highest BCUT2D eigenvalue weighted by molar-refractivity contribution is 6.06. The highest BCUT2D eigenvalue weighted by Crippen LogP contribution is 2.29. The first-order chi connectivity index (χ1) is 15.4. The van der Waals surface area contributed by atoms with Crippen molar-refractivity contribution in [3.05, 3.63) is 30.1 Å². The molecule has 3 aromatic rings. The zero-order valence-corrected chi connectivity index (χ0v) is 18.6. The molecule has 0 saturated heterocycles. The van der Waals surface area contributed by atoms with Crippen LogP contribution in [0.25, 0.3) is 21.9 Å². The van der Waals surface area contributed by atoms with Crippen LogP contribution < -0.4 is 22.5 Å². The maximum Gasteiger partial charge on any atom is 0.234 e. The minimum absolute atomic E-state index is 0.122. The van der Waals surface area contributed by atoms with Crippen molar-refractivity contribution in [1.82, 2.24) is 19.9 Å². The topological polar surface area (TPSA) is 155 Å². The summed E-state index contributed by atoms with van der Waals surface area (Å²) in [6.07, 6.45) is 5.17. The average molecular weight is 440 g/mol. The van der Waals surface area contributed by atoms with Crippen molar-refractivity contribution in [1.29, 1.82) is 0 Å². The minimum atomic E-state index is -0.784. The van der Waals surface area contributed by atoms with Gasteiger partial charge in [-0.1, -0.05) is 31.5 Å². The Morgan fingerprint density at radius 3 is 2.69 bits per heavy atom. The smallest absolute Gasteiger partial charge is 0.234 e. The fourth-order valence-corrected chi connectivity index (χ4v) is 3.81. The number of aromatic nitrogens is 3. The van der Waals surface area contributed by atoms with Crippen molar-refractivity contribution in [3.8, 4) is 0 Å². The molecule has 1 unspecified atom stereocenters. The molecule has 9 nitrogen and oxygen atoms in total. The summed E-state index contributed by atoms with van der Waals surface area (Å²) in [5.74, 6) is 0.767. The molecule has 3 rings (SSSR count). The molecule has 9 heteroatoms. The fraction of sp³-hybridized carbons (Fsp3) is 0.478. The zero-order chi connectivity index (χ0) is 23.1. The van der Waals surface area contributed by atoms with Gasteiger partial charge in [0.25, 0.3) is 0 Å². The van der Waals surface area contributed by atoms with Crippen LogP contribution in [0.3, 0.4) is 0 Å². The lowest BCUT2D eigenvalue weighted by Gasteiger charge is -2.11. The molecule has 0 spiro atoms. The van der Waals surface area contributed by atoms with Gasteiger partial charge in [-0.05, 0) is 31.7 Å². The summed E-state index contributed by atoms with van der Waals surface area (Å²) in [6.45, 7) is 3.51. The molecule has 0 saturated carbocycles. The van der Waals surface area contributed by atoms with Crippen molar-refractivity contribution in [2.75, 3.05) is 12.3 Å². The number of nitrogens with zero attached hydrogens (tertiary/aromatic N) is 3. The first-order valence-corrected chi connectivity index (χ1v) is 11.3. The van der Waals surface area contributed by atoms with Crippen LogP contribution in [-0.4, -0.2) is 38.9 Å². The third-order valence-corrected chi connectivity index (χ3v) is 5.62. The molecular formula is C23H33N7O2. The van der Waals surface area contributed by atoms with Gasteiger partial charge in [-0.15, -0.1) is 0 Å². The SMILES string of the molecule is CCCCc1nc2c(N)nc3ccccc3c2n1CCCCNC(=O)CCC(N)C(N)=O. The number of nitrogen functional groups attached to an aromatic ring is 1. The molecule has 0 bridgehead atoms. The third kappa shape index (κ3) is 5.53. The van der Waals surface area contributed by atoms with Gasteiger partial charge in [0.2, 0.25) is 11.8 Å². The van der Waals surface area contributed by atoms with Crippen LogP contribution in [0.1, 0.15) is 51.3 Å². The second kappa shape index (κ2) is 10.9. The molecule has 172 valence electrons. The summed E-state index contributed by atoms with van der Waals surface area (Å²) >= 11 is 0. The predicted octanol–water partition coefficient (Wildman–Crippen LogP) is 2.00. The Labute approximate surface area is 187 Å². The number of amides is 2. The standard InChI is InChI=1S/C23H33N7O2/c1-2-3-10-18-29-20-21(15-8-4-5-9-17(15)28-22(20)25)30(18)14-7-6-13-27-19(31)12-11-16(24)23(26)32/h4-5,8-9,16H,2-3,6-7,10-14,24H2,1H3,(H2,25,28)(H2,26,32)(H,27,31). The van der Waals surface area contributed by atoms with E-state index >= 15 is 0 Å². The summed E-state index contributed by atoms with van der Waals surface area (Å²) in [5.41, 5.74) is 19.6. The van der Waals surface area contributed by atoms with Crippen molar-refractivity contribution in [3.63, 3.8) is 0 Å². The van der Waals surface area contributed by atoms with E-state index in [0.29, 0.717) is 12.4 Å². The molecule has 0 radical (unpaired) electrons. The van der Waals surface area contributed by atoms with E-state index in [2.05, 4.69) is 27.9 Å². The highest BCUT2D eigenvalue weighted by Gasteiger charge is 2.17. The quantitative estimate of drug-likeness (QED) is 0.316. The van der Waals surface area contributed by atoms with Crippen LogP contribution in [0.2, 0.25) is 0 Å². The number of nitrogens with one attached hydrogen (secondary N) is 1. The second-order valence-electron chi connectivity index (χ2n) is 8.10. The van der Waals surface area contributed by atoms with E-state index in [4.69, 9.17) is 22.2 Å². The van der Waals surface area contributed by atoms with E-state index < -0.39 is 11.9 Å². The number of hydrogen-bond donors (Lipinski definition) is 4. The number of imidazole rings is 1. The molecule has 2 heterocycles. The molecule has 2 aromatic heterocycles. The van der Waals surface area contributed by atoms with E-state index in [-0.39, 0.29) is 18.7 Å². The number of hydrogen-bond acceptors (Lipinski definition) is 6. The minimum Gasteiger partial charge on any atom is -0.382 e. The van der Waals surface area contributed by atoms with Gasteiger partial charge in [0, 0.05) is 31.3 Å². The number of benzene rings is 1. The number of primary amides is 1. The van der Waals surface area contributed by atoms with Gasteiger partial charge in [-0.2, -0.15) is 0 Å². The number of aryl methyl sites for hydroxylation is 2. The Morgan fingerprint density at radius 1 is 1.16 bits per heavy atom. The van der Waals surface area contributed by atoms with Gasteiger partial charge < -0.3 is 27.1 Å². The Morgan fingerprint density at radius 2 is 1.94 bits per heavy atom. The number of nitrogens with two attached hydrogens (primary N) is 3. The number of unbranched alkanes of at least 4 members (excludes halogenated alkanes) is 2. The van der Waals surface area contributed by atoms with Gasteiger partial charge in [0.1, 0.15) is 11.3 Å². The molecule has 2 amide bonds. The Hall–Kier alpha value is -3.20. The molecule has 32 heavy (non-hydrogen) atoms. The van der Waals surface area contributed by atoms with Crippen LogP contribution in [-0.2, 0) is 22.6 Å². The second-order valence-corrected chi connectivity index (χ2v) is 8.10.